The Kier molecular flexibility index (Phi) is 7.61. The maximum absolute atomic E-state index is 12.4. The molecule has 0 heterocycles. The number of hydrogen-bond donors (Lipinski definition) is 1. The van der Waals surface area contributed by atoms with Crippen molar-refractivity contribution in [3.05, 3.63) is 154 Å². The maximum Gasteiger partial charge on any atom is 0.522 e. The Balaban J connectivity index is 0.000000143. The van der Waals surface area contributed by atoms with Crippen molar-refractivity contribution in [3.63, 3.8) is 0 Å². The van der Waals surface area contributed by atoms with Gasteiger partial charge < -0.3 is 0 Å². The molecule has 0 unspecified atom stereocenters. The molecule has 1 N–H and O–H groups in total. The lowest BCUT2D eigenvalue weighted by Gasteiger charge is -2.15. The van der Waals surface area contributed by atoms with Crippen LogP contribution in [-0.4, -0.2) is 18.5 Å². The predicted molar refractivity (Wildman–Crippen MR) is 181 cm³/mol. The minimum Gasteiger partial charge on any atom is -0.285 e. The second-order valence-corrected chi connectivity index (χ2v) is 12.9. The van der Waals surface area contributed by atoms with Gasteiger partial charge in [-0.05, 0) is 49.2 Å². The van der Waals surface area contributed by atoms with E-state index in [1.165, 1.54) is 36.4 Å². The third-order valence-electron chi connectivity index (χ3n) is 8.27. The molecule has 11 nitrogen and oxygen atoms in total. The first-order valence-electron chi connectivity index (χ1n) is 14.2. The molecule has 250 valence electrons. The van der Waals surface area contributed by atoms with E-state index in [1.807, 2.05) is 0 Å². The van der Waals surface area contributed by atoms with Crippen molar-refractivity contribution in [2.24, 2.45) is 0 Å². The van der Waals surface area contributed by atoms with E-state index < -0.39 is 59.1 Å². The Labute approximate surface area is 274 Å². The van der Waals surface area contributed by atoms with Crippen molar-refractivity contribution >= 4 is 53.2 Å². The minimum absolute atomic E-state index is 0.202. The summed E-state index contributed by atoms with van der Waals surface area (Å²) in [7, 11) is -5.84. The molecule has 50 heavy (non-hydrogen) atoms. The topological polar surface area (TPSA) is 191 Å². The number of rotatable bonds is 0. The molecule has 4 aromatic rings. The van der Waals surface area contributed by atoms with Gasteiger partial charge in [0.05, 0.1) is 0 Å². The molecule has 0 amide bonds. The van der Waals surface area contributed by atoms with Crippen LogP contribution in [0.3, 0.4) is 0 Å². The van der Waals surface area contributed by atoms with Gasteiger partial charge in [0.15, 0.2) is 0 Å². The Bertz CT molecular complexity index is 2820. The van der Waals surface area contributed by atoms with E-state index in [-0.39, 0.29) is 43.1 Å². The van der Waals surface area contributed by atoms with Crippen LogP contribution < -0.4 is 43.4 Å². The molecule has 0 fully saturated rings. The van der Waals surface area contributed by atoms with Crippen LogP contribution in [0.25, 0.3) is 65.3 Å². The molecule has 0 atom stereocenters. The van der Waals surface area contributed by atoms with Gasteiger partial charge in [0.1, 0.15) is 0 Å². The summed E-state index contributed by atoms with van der Waals surface area (Å²) in [5, 5.41) is 1.69. The Hall–Kier alpha value is -6.06. The highest BCUT2D eigenvalue weighted by Crippen LogP contribution is 2.36. The third kappa shape index (κ3) is 4.97. The van der Waals surface area contributed by atoms with Crippen LogP contribution >= 0.6 is 0 Å². The second kappa shape index (κ2) is 11.2. The molecule has 0 aromatic heterocycles. The first-order valence-corrected chi connectivity index (χ1v) is 15.7. The quantitative estimate of drug-likeness (QED) is 0.106. The second-order valence-electron chi connectivity index (χ2n) is 11.5. The Morgan fingerprint density at radius 1 is 0.440 bits per heavy atom. The smallest absolute Gasteiger partial charge is 0.285 e. The first kappa shape index (κ1) is 33.8. The van der Waals surface area contributed by atoms with Gasteiger partial charge in [0.2, 0.25) is 43.4 Å². The fourth-order valence-corrected chi connectivity index (χ4v) is 6.21. The van der Waals surface area contributed by atoms with Gasteiger partial charge >= 0.3 is 15.6 Å². The highest BCUT2D eigenvalue weighted by Gasteiger charge is 2.44. The van der Waals surface area contributed by atoms with Gasteiger partial charge in [-0.1, -0.05) is 36.4 Å². The van der Waals surface area contributed by atoms with Crippen LogP contribution in [0, 0.1) is 13.8 Å². The van der Waals surface area contributed by atoms with E-state index in [0.29, 0.717) is 33.4 Å². The SMILES string of the molecule is Cc1cc2c3c(c1)c(=O)c(=O)c1cc(C)cc(c1-3)c(=O)c2=O.O=S(=O)(O)C(F)(F)F.O=c1c(=O)c2cccc3c2-c2c1cccc2c(=O)c3=O. The lowest BCUT2D eigenvalue weighted by atomic mass is 9.85. The highest BCUT2D eigenvalue weighted by molar-refractivity contribution is 7.86. The summed E-state index contributed by atoms with van der Waals surface area (Å²) in [5.41, 5.74) is -7.47. The van der Waals surface area contributed by atoms with Crippen LogP contribution in [-0.2, 0) is 10.1 Å². The summed E-state index contributed by atoms with van der Waals surface area (Å²) >= 11 is 0. The summed E-state index contributed by atoms with van der Waals surface area (Å²) < 4.78 is 57.5. The number of hydrogen-bond acceptors (Lipinski definition) is 10. The van der Waals surface area contributed by atoms with Gasteiger partial charge in [-0.3, -0.25) is 42.9 Å². The molecule has 4 aliphatic carbocycles. The van der Waals surface area contributed by atoms with Crippen molar-refractivity contribution in [2.75, 3.05) is 0 Å². The Morgan fingerprint density at radius 3 is 0.820 bits per heavy atom. The van der Waals surface area contributed by atoms with E-state index in [0.717, 1.165) is 0 Å². The van der Waals surface area contributed by atoms with Gasteiger partial charge in [-0.15, -0.1) is 0 Å². The molecule has 15 heteroatoms. The van der Waals surface area contributed by atoms with Crippen LogP contribution in [0.1, 0.15) is 11.1 Å². The van der Waals surface area contributed by atoms with Gasteiger partial charge in [-0.2, -0.15) is 21.6 Å². The zero-order valence-electron chi connectivity index (χ0n) is 25.3. The molecule has 0 radical (unpaired) electrons. The van der Waals surface area contributed by atoms with E-state index in [1.54, 1.807) is 38.1 Å². The highest BCUT2D eigenvalue weighted by atomic mass is 32.2. The average molecular weight is 703 g/mol. The fourth-order valence-electron chi connectivity index (χ4n) is 6.21. The molecule has 4 aliphatic rings. The molecular weight excluding hydrogens is 685 g/mol. The Morgan fingerprint density at radius 2 is 0.620 bits per heavy atom. The number of halogens is 3. The lowest BCUT2D eigenvalue weighted by molar-refractivity contribution is -0.0510. The number of benzene rings is 8. The van der Waals surface area contributed by atoms with Gasteiger partial charge in [0, 0.05) is 65.3 Å². The summed E-state index contributed by atoms with van der Waals surface area (Å²) in [6.45, 7) is 3.46. The van der Waals surface area contributed by atoms with Crippen LogP contribution in [0.5, 0.6) is 0 Å². The summed E-state index contributed by atoms with van der Waals surface area (Å²) in [4.78, 5) is 97.9. The maximum atomic E-state index is 12.4. The van der Waals surface area contributed by atoms with Crippen molar-refractivity contribution in [1.29, 1.82) is 0 Å². The van der Waals surface area contributed by atoms with E-state index in [2.05, 4.69) is 0 Å². The van der Waals surface area contributed by atoms with Crippen LogP contribution in [0.4, 0.5) is 13.2 Å². The van der Waals surface area contributed by atoms with Crippen LogP contribution in [0.2, 0.25) is 0 Å². The minimum atomic E-state index is -5.84. The van der Waals surface area contributed by atoms with E-state index in [9.17, 15) is 51.5 Å². The average Bonchev–Trinajstić information content (AvgIpc) is 3.05. The van der Waals surface area contributed by atoms with Crippen molar-refractivity contribution in [3.8, 4) is 22.3 Å². The zero-order valence-corrected chi connectivity index (χ0v) is 26.2. The van der Waals surface area contributed by atoms with E-state index >= 15 is 0 Å². The summed E-state index contributed by atoms with van der Waals surface area (Å²) in [5.74, 6) is 0. The normalized spacial score (nSPS) is 12.2. The lowest BCUT2D eigenvalue weighted by Crippen LogP contribution is -2.31. The van der Waals surface area contributed by atoms with E-state index in [4.69, 9.17) is 13.0 Å². The zero-order chi connectivity index (χ0) is 36.8. The van der Waals surface area contributed by atoms with Gasteiger partial charge in [-0.25, -0.2) is 0 Å². The van der Waals surface area contributed by atoms with Crippen molar-refractivity contribution in [1.82, 2.24) is 0 Å². The summed E-state index contributed by atoms with van der Waals surface area (Å²) in [6.07, 6.45) is 0. The first-order chi connectivity index (χ1) is 23.3. The molecule has 0 bridgehead atoms. The molecule has 0 saturated heterocycles. The third-order valence-corrected chi connectivity index (χ3v) is 8.85. The fraction of sp³-hybridized carbons (Fsp3) is 0.0857. The molecule has 0 aliphatic heterocycles. The standard InChI is InChI=1S/C18H10O4.C16H6O4.CHF3O3S/c1-7-3-9-13-10(4-7)16(20)18(22)12-6-8(2)5-11(14(12)13)17(21)15(9)19;17-13-7-3-1-4-8-11(7)12-9(15(13)19)5-2-6-10(12)16(20)14(8)18;2-1(3,4)8(5,6)7/h3-6H,1-2H3;1-6H;(H,5,6,7). The monoisotopic (exact) mass is 702 g/mol. The van der Waals surface area contributed by atoms with Crippen molar-refractivity contribution in [2.45, 2.75) is 19.4 Å². The predicted octanol–water partition coefficient (Wildman–Crippen LogP) is 2.71. The van der Waals surface area contributed by atoms with Crippen LogP contribution in [0.15, 0.2) is 99.0 Å². The van der Waals surface area contributed by atoms with Crippen molar-refractivity contribution < 1.29 is 26.1 Å². The molecule has 0 saturated carbocycles. The molecule has 0 spiro atoms. The number of alkyl halides is 3. The van der Waals surface area contributed by atoms with Gasteiger partial charge in [0.25, 0.3) is 0 Å². The summed E-state index contributed by atoms with van der Waals surface area (Å²) in [6, 6.07) is 15.5. The molecule has 4 aromatic carbocycles. The molecule has 8 rings (SSSR count). The molecular formula is C35H17F3O11S. The largest absolute Gasteiger partial charge is 0.522 e. The number of aryl methyl sites for hydroxylation is 2.